The zero-order chi connectivity index (χ0) is 23.7. The first-order valence-electron chi connectivity index (χ1n) is 13.0. The third-order valence-electron chi connectivity index (χ3n) is 6.24. The maximum atomic E-state index is 11.4. The summed E-state index contributed by atoms with van der Waals surface area (Å²) in [6.45, 7) is 2.79. The van der Waals surface area contributed by atoms with Crippen LogP contribution in [-0.4, -0.2) is 18.0 Å². The van der Waals surface area contributed by atoms with Crippen molar-refractivity contribution in [2.45, 2.75) is 110 Å². The molecular weight excluding hydrogens is 416 g/mol. The molecular formula is C28H42O5. The molecule has 2 rings (SSSR count). The summed E-state index contributed by atoms with van der Waals surface area (Å²) in [5.41, 5.74) is -0.164. The minimum absolute atomic E-state index is 0.175. The van der Waals surface area contributed by atoms with Crippen LogP contribution in [0.5, 0.6) is 11.5 Å². The molecule has 0 aliphatic carbocycles. The normalized spacial score (nSPS) is 11.2. The Bertz CT molecular complexity index is 870. The molecule has 0 saturated heterocycles. The van der Waals surface area contributed by atoms with Gasteiger partial charge in [0.1, 0.15) is 17.1 Å². The van der Waals surface area contributed by atoms with E-state index >= 15 is 0 Å². The quantitative estimate of drug-likeness (QED) is 0.131. The van der Waals surface area contributed by atoms with E-state index in [4.69, 9.17) is 9.15 Å². The van der Waals surface area contributed by atoms with Crippen LogP contribution in [0.1, 0.15) is 120 Å². The number of fused-ring (bicyclic) bond motifs is 1. The fraction of sp³-hybridized carbons (Fsp3) is 0.643. The molecule has 0 atom stereocenters. The minimum Gasteiger partial charge on any atom is -0.507 e. The molecule has 1 aromatic carbocycles. The molecule has 1 aromatic heterocycles. The lowest BCUT2D eigenvalue weighted by Crippen LogP contribution is -2.02. The maximum absolute atomic E-state index is 11.4. The van der Waals surface area contributed by atoms with Gasteiger partial charge in [0.2, 0.25) is 0 Å². The lowest BCUT2D eigenvalue weighted by atomic mass is 10.0. The number of unbranched alkanes of at least 4 members (excludes halogenated alkanes) is 15. The number of aromatic hydroxyl groups is 1. The Kier molecular flexibility index (Phi) is 13.3. The molecule has 5 nitrogen and oxygen atoms in total. The average Bonchev–Trinajstić information content (AvgIpc) is 2.80. The maximum Gasteiger partial charge on any atom is 0.339 e. The molecule has 1 N–H and O–H groups in total. The second kappa shape index (κ2) is 16.3. The highest BCUT2D eigenvalue weighted by molar-refractivity contribution is 5.92. The lowest BCUT2D eigenvalue weighted by molar-refractivity contribution is 0.111. The second-order valence-electron chi connectivity index (χ2n) is 9.11. The Morgan fingerprint density at radius 3 is 1.82 bits per heavy atom. The molecule has 0 unspecified atom stereocenters. The Labute approximate surface area is 198 Å². The molecule has 0 radical (unpaired) electrons. The number of hydrogen-bond donors (Lipinski definition) is 1. The van der Waals surface area contributed by atoms with Crippen LogP contribution in [0, 0.1) is 0 Å². The monoisotopic (exact) mass is 458 g/mol. The van der Waals surface area contributed by atoms with Gasteiger partial charge in [-0.2, -0.15) is 0 Å². The lowest BCUT2D eigenvalue weighted by Gasteiger charge is -2.10. The highest BCUT2D eigenvalue weighted by Gasteiger charge is 2.11. The molecule has 1 heterocycles. The minimum atomic E-state index is -0.654. The van der Waals surface area contributed by atoms with Gasteiger partial charge in [0, 0.05) is 0 Å². The largest absolute Gasteiger partial charge is 0.507 e. The summed E-state index contributed by atoms with van der Waals surface area (Å²) in [5.74, 6) is 0.230. The first kappa shape index (κ1) is 26.9. The van der Waals surface area contributed by atoms with E-state index in [0.29, 0.717) is 29.6 Å². The van der Waals surface area contributed by atoms with E-state index in [-0.39, 0.29) is 11.3 Å². The molecule has 0 spiro atoms. The number of aldehydes is 1. The molecule has 33 heavy (non-hydrogen) atoms. The van der Waals surface area contributed by atoms with Crippen LogP contribution in [-0.2, 0) is 0 Å². The van der Waals surface area contributed by atoms with Crippen molar-refractivity contribution < 1.29 is 19.1 Å². The van der Waals surface area contributed by atoms with Gasteiger partial charge in [-0.3, -0.25) is 4.79 Å². The highest BCUT2D eigenvalue weighted by atomic mass is 16.5. The summed E-state index contributed by atoms with van der Waals surface area (Å²) in [6.07, 6.45) is 21.7. The summed E-state index contributed by atoms with van der Waals surface area (Å²) in [4.78, 5) is 22.7. The van der Waals surface area contributed by atoms with Gasteiger partial charge in [0.05, 0.1) is 23.6 Å². The van der Waals surface area contributed by atoms with E-state index in [2.05, 4.69) is 6.92 Å². The van der Waals surface area contributed by atoms with Crippen molar-refractivity contribution in [2.24, 2.45) is 0 Å². The number of carbonyl (C=O) groups is 1. The third-order valence-corrected chi connectivity index (χ3v) is 6.24. The average molecular weight is 459 g/mol. The summed E-state index contributed by atoms with van der Waals surface area (Å²) in [7, 11) is 0. The van der Waals surface area contributed by atoms with E-state index in [9.17, 15) is 14.7 Å². The molecule has 0 amide bonds. The van der Waals surface area contributed by atoms with Crippen LogP contribution in [0.3, 0.4) is 0 Å². The van der Waals surface area contributed by atoms with Crippen molar-refractivity contribution >= 4 is 17.3 Å². The Hall–Kier alpha value is -2.30. The van der Waals surface area contributed by atoms with Gasteiger partial charge < -0.3 is 14.3 Å². The first-order valence-corrected chi connectivity index (χ1v) is 13.0. The fourth-order valence-electron chi connectivity index (χ4n) is 4.24. The second-order valence-corrected chi connectivity index (χ2v) is 9.11. The number of rotatable bonds is 19. The number of carbonyl (C=O) groups excluding carboxylic acids is 1. The summed E-state index contributed by atoms with van der Waals surface area (Å²) >= 11 is 0. The van der Waals surface area contributed by atoms with Crippen LogP contribution in [0.15, 0.2) is 27.4 Å². The highest BCUT2D eigenvalue weighted by Crippen LogP contribution is 2.29. The molecule has 5 heteroatoms. The van der Waals surface area contributed by atoms with Gasteiger partial charge >= 0.3 is 5.63 Å². The Balaban J connectivity index is 1.50. The van der Waals surface area contributed by atoms with Gasteiger partial charge in [0.25, 0.3) is 0 Å². The summed E-state index contributed by atoms with van der Waals surface area (Å²) in [5, 5.41) is 10.3. The molecule has 2 aromatic rings. The van der Waals surface area contributed by atoms with Crippen molar-refractivity contribution in [3.8, 4) is 11.5 Å². The Morgan fingerprint density at radius 2 is 1.30 bits per heavy atom. The van der Waals surface area contributed by atoms with Crippen molar-refractivity contribution in [3.05, 3.63) is 34.2 Å². The summed E-state index contributed by atoms with van der Waals surface area (Å²) < 4.78 is 10.8. The molecule has 0 saturated carbocycles. The SMILES string of the molecule is CCCCCCCCCCCCCCCCCCOc1cc2c(O)cc(=O)oc2cc1C=O. The van der Waals surface area contributed by atoms with Gasteiger partial charge in [-0.25, -0.2) is 4.79 Å². The molecule has 184 valence electrons. The van der Waals surface area contributed by atoms with Crippen LogP contribution in [0.2, 0.25) is 0 Å². The molecule has 0 fully saturated rings. The first-order chi connectivity index (χ1) is 16.2. The van der Waals surface area contributed by atoms with Gasteiger partial charge in [-0.15, -0.1) is 0 Å². The van der Waals surface area contributed by atoms with E-state index in [1.807, 2.05) is 0 Å². The van der Waals surface area contributed by atoms with Gasteiger partial charge in [-0.1, -0.05) is 103 Å². The Morgan fingerprint density at radius 1 is 0.788 bits per heavy atom. The van der Waals surface area contributed by atoms with E-state index < -0.39 is 5.63 Å². The third kappa shape index (κ3) is 10.4. The van der Waals surface area contributed by atoms with Crippen LogP contribution in [0.4, 0.5) is 0 Å². The van der Waals surface area contributed by atoms with Crippen molar-refractivity contribution in [1.82, 2.24) is 0 Å². The van der Waals surface area contributed by atoms with Crippen LogP contribution in [0.25, 0.3) is 11.0 Å². The van der Waals surface area contributed by atoms with Gasteiger partial charge in [-0.05, 0) is 18.6 Å². The number of benzene rings is 1. The zero-order valence-electron chi connectivity index (χ0n) is 20.4. The molecule has 0 aliphatic heterocycles. The van der Waals surface area contributed by atoms with Crippen molar-refractivity contribution in [3.63, 3.8) is 0 Å². The van der Waals surface area contributed by atoms with E-state index in [1.54, 1.807) is 6.07 Å². The van der Waals surface area contributed by atoms with Crippen molar-refractivity contribution in [1.29, 1.82) is 0 Å². The predicted octanol–water partition coefficient (Wildman–Crippen LogP) is 7.95. The van der Waals surface area contributed by atoms with Gasteiger partial charge in [0.15, 0.2) is 6.29 Å². The number of ether oxygens (including phenoxy) is 1. The number of hydrogen-bond acceptors (Lipinski definition) is 5. The zero-order valence-corrected chi connectivity index (χ0v) is 20.4. The van der Waals surface area contributed by atoms with Crippen molar-refractivity contribution in [2.75, 3.05) is 6.61 Å². The smallest absolute Gasteiger partial charge is 0.339 e. The van der Waals surface area contributed by atoms with E-state index in [1.165, 1.54) is 96.0 Å². The van der Waals surface area contributed by atoms with Crippen LogP contribution < -0.4 is 10.4 Å². The standard InChI is InChI=1S/C28H42O5/c1-2-3-4-5-6-7-8-9-10-11-12-13-14-15-16-17-18-32-26-20-24-25(30)21-28(31)33-27(24)19-23(26)22-29/h19-22,30H,2-18H2,1H3. The molecule has 0 bridgehead atoms. The molecule has 0 aliphatic rings. The topological polar surface area (TPSA) is 76.7 Å². The predicted molar refractivity (Wildman–Crippen MR) is 135 cm³/mol. The van der Waals surface area contributed by atoms with E-state index in [0.717, 1.165) is 18.9 Å². The van der Waals surface area contributed by atoms with Crippen LogP contribution >= 0.6 is 0 Å². The summed E-state index contributed by atoms with van der Waals surface area (Å²) in [6, 6.07) is 4.01. The fourth-order valence-corrected chi connectivity index (χ4v) is 4.24.